The Morgan fingerprint density at radius 3 is 2.88 bits per heavy atom. The number of hydrazone groups is 1. The number of halogens is 1. The van der Waals surface area contributed by atoms with Crippen molar-refractivity contribution < 1.29 is 4.74 Å². The van der Waals surface area contributed by atoms with Crippen LogP contribution in [0.25, 0.3) is 11.3 Å². The van der Waals surface area contributed by atoms with Crippen LogP contribution in [-0.4, -0.2) is 17.8 Å². The lowest BCUT2D eigenvalue weighted by atomic mass is 10.2. The molecule has 3 aromatic rings. The second kappa shape index (κ2) is 9.36. The molecular formula is C20H20ClN3OS. The SMILES string of the molecule is CCCCOc1ccc(Cl)cc1C=NNc1nc(-c2ccccc2)cs1. The Hall–Kier alpha value is -2.37. The molecular weight excluding hydrogens is 366 g/mol. The molecule has 1 N–H and O–H groups in total. The number of unbranched alkanes of at least 4 members (excludes halogenated alkanes) is 1. The molecule has 1 heterocycles. The lowest BCUT2D eigenvalue weighted by Gasteiger charge is -2.08. The van der Waals surface area contributed by atoms with Crippen molar-refractivity contribution in [3.05, 3.63) is 64.5 Å². The summed E-state index contributed by atoms with van der Waals surface area (Å²) in [6.45, 7) is 2.81. The molecule has 3 rings (SSSR count). The highest BCUT2D eigenvalue weighted by molar-refractivity contribution is 7.14. The fraction of sp³-hybridized carbons (Fsp3) is 0.200. The molecule has 1 aromatic heterocycles. The van der Waals surface area contributed by atoms with Gasteiger partial charge in [-0.05, 0) is 24.6 Å². The summed E-state index contributed by atoms with van der Waals surface area (Å²) >= 11 is 7.61. The number of hydrogen-bond donors (Lipinski definition) is 1. The van der Waals surface area contributed by atoms with Crippen LogP contribution < -0.4 is 10.2 Å². The first-order chi connectivity index (χ1) is 12.8. The average molecular weight is 386 g/mol. The number of ether oxygens (including phenoxy) is 1. The van der Waals surface area contributed by atoms with Gasteiger partial charge in [0.1, 0.15) is 5.75 Å². The maximum atomic E-state index is 6.10. The lowest BCUT2D eigenvalue weighted by molar-refractivity contribution is 0.309. The second-order valence-electron chi connectivity index (χ2n) is 5.66. The van der Waals surface area contributed by atoms with E-state index >= 15 is 0 Å². The van der Waals surface area contributed by atoms with Crippen LogP contribution in [0.1, 0.15) is 25.3 Å². The minimum atomic E-state index is 0.648. The molecule has 134 valence electrons. The lowest BCUT2D eigenvalue weighted by Crippen LogP contribution is -2.00. The number of nitrogens with zero attached hydrogens (tertiary/aromatic N) is 2. The quantitative estimate of drug-likeness (QED) is 0.290. The molecule has 0 radical (unpaired) electrons. The normalized spacial score (nSPS) is 11.0. The third-order valence-electron chi connectivity index (χ3n) is 3.66. The number of thiazole rings is 1. The molecule has 0 saturated carbocycles. The Kier molecular flexibility index (Phi) is 6.63. The molecule has 0 amide bonds. The van der Waals surface area contributed by atoms with E-state index in [0.717, 1.165) is 40.5 Å². The molecule has 6 heteroatoms. The van der Waals surface area contributed by atoms with E-state index in [1.54, 1.807) is 6.21 Å². The zero-order chi connectivity index (χ0) is 18.2. The fourth-order valence-electron chi connectivity index (χ4n) is 2.30. The monoisotopic (exact) mass is 385 g/mol. The summed E-state index contributed by atoms with van der Waals surface area (Å²) < 4.78 is 5.81. The van der Waals surface area contributed by atoms with E-state index in [0.29, 0.717) is 11.6 Å². The Morgan fingerprint density at radius 2 is 2.08 bits per heavy atom. The van der Waals surface area contributed by atoms with Crippen molar-refractivity contribution >= 4 is 34.3 Å². The van der Waals surface area contributed by atoms with Crippen molar-refractivity contribution in [2.75, 3.05) is 12.0 Å². The maximum Gasteiger partial charge on any atom is 0.203 e. The fourth-order valence-corrected chi connectivity index (χ4v) is 3.15. The molecule has 26 heavy (non-hydrogen) atoms. The predicted octanol–water partition coefficient (Wildman–Crippen LogP) is 6.09. The minimum Gasteiger partial charge on any atom is -0.493 e. The van der Waals surface area contributed by atoms with Gasteiger partial charge in [-0.1, -0.05) is 55.3 Å². The summed E-state index contributed by atoms with van der Waals surface area (Å²) in [7, 11) is 0. The Balaban J connectivity index is 1.67. The zero-order valence-electron chi connectivity index (χ0n) is 14.5. The first-order valence-electron chi connectivity index (χ1n) is 8.48. The van der Waals surface area contributed by atoms with E-state index in [1.807, 2.05) is 53.9 Å². The summed E-state index contributed by atoms with van der Waals surface area (Å²) in [5.41, 5.74) is 5.83. The Labute approximate surface area is 162 Å². The van der Waals surface area contributed by atoms with E-state index < -0.39 is 0 Å². The van der Waals surface area contributed by atoms with Crippen LogP contribution in [0.5, 0.6) is 5.75 Å². The standard InChI is InChI=1S/C20H20ClN3OS/c1-2-3-11-25-19-10-9-17(21)12-16(19)13-22-24-20-23-18(14-26-20)15-7-5-4-6-8-15/h4-10,12-14H,2-3,11H2,1H3,(H,23,24). The minimum absolute atomic E-state index is 0.648. The van der Waals surface area contributed by atoms with Crippen LogP contribution in [0, 0.1) is 0 Å². The summed E-state index contributed by atoms with van der Waals surface area (Å²) in [6.07, 6.45) is 3.81. The van der Waals surface area contributed by atoms with Crippen molar-refractivity contribution in [2.45, 2.75) is 19.8 Å². The van der Waals surface area contributed by atoms with E-state index in [4.69, 9.17) is 16.3 Å². The van der Waals surface area contributed by atoms with Crippen LogP contribution in [0.3, 0.4) is 0 Å². The van der Waals surface area contributed by atoms with Crippen LogP contribution in [0.2, 0.25) is 5.02 Å². The average Bonchev–Trinajstić information content (AvgIpc) is 3.13. The molecule has 0 aliphatic rings. The van der Waals surface area contributed by atoms with Crippen molar-refractivity contribution in [2.24, 2.45) is 5.10 Å². The van der Waals surface area contributed by atoms with Crippen molar-refractivity contribution in [3.8, 4) is 17.0 Å². The van der Waals surface area contributed by atoms with Crippen LogP contribution in [0.4, 0.5) is 5.13 Å². The van der Waals surface area contributed by atoms with Gasteiger partial charge < -0.3 is 4.74 Å². The molecule has 4 nitrogen and oxygen atoms in total. The third-order valence-corrected chi connectivity index (χ3v) is 4.65. The van der Waals surface area contributed by atoms with Crippen LogP contribution in [0.15, 0.2) is 59.0 Å². The summed E-state index contributed by atoms with van der Waals surface area (Å²) in [6, 6.07) is 15.6. The largest absolute Gasteiger partial charge is 0.493 e. The van der Waals surface area contributed by atoms with Gasteiger partial charge in [-0.15, -0.1) is 11.3 Å². The highest BCUT2D eigenvalue weighted by Crippen LogP contribution is 2.25. The Morgan fingerprint density at radius 1 is 1.23 bits per heavy atom. The molecule has 0 fully saturated rings. The summed E-state index contributed by atoms with van der Waals surface area (Å²) in [4.78, 5) is 4.55. The molecule has 2 aromatic carbocycles. The van der Waals surface area contributed by atoms with Gasteiger partial charge in [0.15, 0.2) is 0 Å². The molecule has 0 bridgehead atoms. The number of nitrogens with one attached hydrogen (secondary N) is 1. The topological polar surface area (TPSA) is 46.5 Å². The van der Waals surface area contributed by atoms with E-state index in [-0.39, 0.29) is 0 Å². The van der Waals surface area contributed by atoms with Crippen molar-refractivity contribution in [1.82, 2.24) is 4.98 Å². The molecule has 0 aliphatic heterocycles. The third kappa shape index (κ3) is 5.07. The number of rotatable bonds is 8. The number of anilines is 1. The molecule has 0 atom stereocenters. The van der Waals surface area contributed by atoms with E-state index in [2.05, 4.69) is 22.4 Å². The number of aromatic nitrogens is 1. The van der Waals surface area contributed by atoms with Gasteiger partial charge in [0.25, 0.3) is 0 Å². The maximum absolute atomic E-state index is 6.10. The zero-order valence-corrected chi connectivity index (χ0v) is 16.1. The van der Waals surface area contributed by atoms with Gasteiger partial charge in [-0.3, -0.25) is 5.43 Å². The van der Waals surface area contributed by atoms with Gasteiger partial charge in [-0.25, -0.2) is 4.98 Å². The second-order valence-corrected chi connectivity index (χ2v) is 6.95. The smallest absolute Gasteiger partial charge is 0.203 e. The highest BCUT2D eigenvalue weighted by Gasteiger charge is 2.05. The van der Waals surface area contributed by atoms with E-state index in [1.165, 1.54) is 11.3 Å². The molecule has 0 aliphatic carbocycles. The van der Waals surface area contributed by atoms with Crippen molar-refractivity contribution in [1.29, 1.82) is 0 Å². The van der Waals surface area contributed by atoms with Gasteiger partial charge in [0.05, 0.1) is 18.5 Å². The van der Waals surface area contributed by atoms with Gasteiger partial charge in [0, 0.05) is 21.5 Å². The number of hydrogen-bond acceptors (Lipinski definition) is 5. The van der Waals surface area contributed by atoms with Crippen LogP contribution in [-0.2, 0) is 0 Å². The first kappa shape index (κ1) is 18.4. The predicted molar refractivity (Wildman–Crippen MR) is 111 cm³/mol. The Bertz CT molecular complexity index is 865. The molecule has 0 unspecified atom stereocenters. The van der Waals surface area contributed by atoms with Gasteiger partial charge in [0.2, 0.25) is 5.13 Å². The highest BCUT2D eigenvalue weighted by atomic mass is 35.5. The first-order valence-corrected chi connectivity index (χ1v) is 9.74. The number of benzene rings is 2. The van der Waals surface area contributed by atoms with Gasteiger partial charge >= 0.3 is 0 Å². The molecule has 0 spiro atoms. The van der Waals surface area contributed by atoms with Crippen molar-refractivity contribution in [3.63, 3.8) is 0 Å². The summed E-state index contributed by atoms with van der Waals surface area (Å²) in [5, 5.41) is 7.67. The molecule has 0 saturated heterocycles. The van der Waals surface area contributed by atoms with Crippen LogP contribution >= 0.6 is 22.9 Å². The van der Waals surface area contributed by atoms with E-state index in [9.17, 15) is 0 Å². The summed E-state index contributed by atoms with van der Waals surface area (Å²) in [5.74, 6) is 0.775. The van der Waals surface area contributed by atoms with Gasteiger partial charge in [-0.2, -0.15) is 5.10 Å².